The molecule has 146 valence electrons. The minimum Gasteiger partial charge on any atom is -0.492 e. The van der Waals surface area contributed by atoms with Crippen LogP contribution in [0.15, 0.2) is 59.1 Å². The van der Waals surface area contributed by atoms with Crippen LogP contribution in [0.4, 0.5) is 4.39 Å². The van der Waals surface area contributed by atoms with Gasteiger partial charge in [0.15, 0.2) is 11.7 Å². The van der Waals surface area contributed by atoms with E-state index in [1.165, 1.54) is 12.1 Å². The normalized spacial score (nSPS) is 10.7. The zero-order valence-electron chi connectivity index (χ0n) is 15.4. The van der Waals surface area contributed by atoms with E-state index in [4.69, 9.17) is 20.8 Å². The molecule has 7 heteroatoms. The average Bonchev–Trinajstić information content (AvgIpc) is 3.17. The van der Waals surface area contributed by atoms with Crippen LogP contribution in [0.25, 0.3) is 11.3 Å². The lowest BCUT2D eigenvalue weighted by Crippen LogP contribution is -2.31. The number of hydrogen-bond acceptors (Lipinski definition) is 4. The summed E-state index contributed by atoms with van der Waals surface area (Å²) in [5.41, 5.74) is 0.879. The van der Waals surface area contributed by atoms with Crippen LogP contribution in [0.5, 0.6) is 5.75 Å². The summed E-state index contributed by atoms with van der Waals surface area (Å²) in [6.07, 6.45) is 2.34. The van der Waals surface area contributed by atoms with Crippen LogP contribution in [0.3, 0.4) is 0 Å². The molecule has 0 radical (unpaired) electrons. The minimum absolute atomic E-state index is 0.0334. The van der Waals surface area contributed by atoms with E-state index in [1.807, 2.05) is 12.1 Å². The van der Waals surface area contributed by atoms with Gasteiger partial charge in [0, 0.05) is 30.5 Å². The Balaban J connectivity index is 1.43. The summed E-state index contributed by atoms with van der Waals surface area (Å²) in [4.78, 5) is 18.1. The van der Waals surface area contributed by atoms with Crippen LogP contribution in [0, 0.1) is 5.82 Å². The Labute approximate surface area is 167 Å². The largest absolute Gasteiger partial charge is 0.492 e. The van der Waals surface area contributed by atoms with Crippen molar-refractivity contribution in [3.63, 3.8) is 0 Å². The van der Waals surface area contributed by atoms with Crippen molar-refractivity contribution in [1.29, 1.82) is 0 Å². The van der Waals surface area contributed by atoms with Crippen LogP contribution in [-0.2, 0) is 11.2 Å². The number of rotatable bonds is 8. The van der Waals surface area contributed by atoms with Gasteiger partial charge in [-0.25, -0.2) is 9.37 Å². The van der Waals surface area contributed by atoms with Crippen molar-refractivity contribution in [1.82, 2.24) is 9.88 Å². The molecule has 0 aliphatic carbocycles. The lowest BCUT2D eigenvalue weighted by Gasteiger charge is -2.17. The first-order valence-corrected chi connectivity index (χ1v) is 9.22. The molecule has 28 heavy (non-hydrogen) atoms. The zero-order valence-corrected chi connectivity index (χ0v) is 16.2. The van der Waals surface area contributed by atoms with Gasteiger partial charge < -0.3 is 14.1 Å². The number of ether oxygens (including phenoxy) is 1. The Morgan fingerprint density at radius 2 is 1.89 bits per heavy atom. The second-order valence-electron chi connectivity index (χ2n) is 6.24. The molecule has 0 N–H and O–H groups in total. The van der Waals surface area contributed by atoms with E-state index < -0.39 is 0 Å². The van der Waals surface area contributed by atoms with E-state index >= 15 is 0 Å². The van der Waals surface area contributed by atoms with E-state index in [2.05, 4.69) is 4.98 Å². The van der Waals surface area contributed by atoms with Gasteiger partial charge in [-0.15, -0.1) is 0 Å². The molecular formula is C21H20ClFN2O3. The number of hydrogen-bond donors (Lipinski definition) is 0. The molecule has 0 unspecified atom stereocenters. The summed E-state index contributed by atoms with van der Waals surface area (Å²) < 4.78 is 24.1. The van der Waals surface area contributed by atoms with Crippen LogP contribution in [-0.4, -0.2) is 36.0 Å². The van der Waals surface area contributed by atoms with Crippen molar-refractivity contribution in [2.75, 3.05) is 20.2 Å². The fraction of sp³-hybridized carbons (Fsp3) is 0.238. The summed E-state index contributed by atoms with van der Waals surface area (Å²) in [5, 5.41) is 0.653. The first kappa shape index (κ1) is 19.9. The van der Waals surface area contributed by atoms with E-state index in [9.17, 15) is 9.18 Å². The predicted molar refractivity (Wildman–Crippen MR) is 105 cm³/mol. The molecule has 0 fully saturated rings. The molecule has 3 rings (SSSR count). The van der Waals surface area contributed by atoms with Gasteiger partial charge in [-0.3, -0.25) is 4.79 Å². The third kappa shape index (κ3) is 5.57. The van der Waals surface area contributed by atoms with Crippen LogP contribution >= 0.6 is 11.6 Å². The van der Waals surface area contributed by atoms with Crippen LogP contribution < -0.4 is 4.74 Å². The monoisotopic (exact) mass is 402 g/mol. The maximum absolute atomic E-state index is 12.9. The predicted octanol–water partition coefficient (Wildman–Crippen LogP) is 4.60. The summed E-state index contributed by atoms with van der Waals surface area (Å²) in [7, 11) is 1.71. The molecule has 1 aromatic heterocycles. The maximum atomic E-state index is 12.9. The Hall–Kier alpha value is -2.86. The van der Waals surface area contributed by atoms with Crippen molar-refractivity contribution in [3.8, 4) is 17.1 Å². The number of aromatic nitrogens is 1. The second-order valence-corrected chi connectivity index (χ2v) is 6.68. The quantitative estimate of drug-likeness (QED) is 0.552. The van der Waals surface area contributed by atoms with E-state index in [-0.39, 0.29) is 18.1 Å². The van der Waals surface area contributed by atoms with Crippen molar-refractivity contribution in [2.45, 2.75) is 12.8 Å². The highest BCUT2D eigenvalue weighted by atomic mass is 35.5. The molecule has 5 nitrogen and oxygen atoms in total. The average molecular weight is 403 g/mol. The number of carbonyl (C=O) groups excluding carboxylic acids is 1. The topological polar surface area (TPSA) is 55.6 Å². The second kappa shape index (κ2) is 9.37. The molecule has 1 amide bonds. The lowest BCUT2D eigenvalue weighted by atomic mass is 10.2. The minimum atomic E-state index is -0.314. The third-order valence-electron chi connectivity index (χ3n) is 4.17. The van der Waals surface area contributed by atoms with E-state index in [1.54, 1.807) is 42.4 Å². The fourth-order valence-corrected chi connectivity index (χ4v) is 2.66. The van der Waals surface area contributed by atoms with Gasteiger partial charge in [-0.1, -0.05) is 11.6 Å². The van der Waals surface area contributed by atoms with Gasteiger partial charge in [0.25, 0.3) is 0 Å². The number of aryl methyl sites for hydroxylation is 1. The standard InChI is InChI=1S/C21H20ClFN2O3/c1-25(12-13-27-18-8-6-17(23)7-9-18)21(26)11-10-20-24-14-19(28-20)15-2-4-16(22)5-3-15/h2-9,14H,10-13H2,1H3. The number of halogens is 2. The van der Waals surface area contributed by atoms with Crippen LogP contribution in [0.2, 0.25) is 5.02 Å². The molecule has 0 atom stereocenters. The smallest absolute Gasteiger partial charge is 0.222 e. The molecule has 2 aromatic carbocycles. The summed E-state index contributed by atoms with van der Waals surface area (Å²) in [6.45, 7) is 0.755. The van der Waals surface area contributed by atoms with Gasteiger partial charge >= 0.3 is 0 Å². The van der Waals surface area contributed by atoms with Crippen LogP contribution in [0.1, 0.15) is 12.3 Å². The Kier molecular flexibility index (Phi) is 6.66. The molecule has 0 saturated carbocycles. The molecule has 0 aliphatic heterocycles. The van der Waals surface area contributed by atoms with Crippen molar-refractivity contribution < 1.29 is 18.3 Å². The highest BCUT2D eigenvalue weighted by Gasteiger charge is 2.12. The molecule has 1 heterocycles. The Morgan fingerprint density at radius 1 is 1.18 bits per heavy atom. The van der Waals surface area contributed by atoms with Gasteiger partial charge in [-0.05, 0) is 48.5 Å². The third-order valence-corrected chi connectivity index (χ3v) is 4.42. The van der Waals surface area contributed by atoms with E-state index in [0.29, 0.717) is 42.0 Å². The van der Waals surface area contributed by atoms with Gasteiger partial charge in [-0.2, -0.15) is 0 Å². The SMILES string of the molecule is CN(CCOc1ccc(F)cc1)C(=O)CCc1ncc(-c2ccc(Cl)cc2)o1. The molecule has 0 aliphatic rings. The number of nitrogens with zero attached hydrogens (tertiary/aromatic N) is 2. The highest BCUT2D eigenvalue weighted by Crippen LogP contribution is 2.22. The molecule has 3 aromatic rings. The summed E-state index contributed by atoms with van der Waals surface area (Å²) in [6, 6.07) is 13.0. The Bertz CT molecular complexity index is 910. The number of oxazole rings is 1. The first-order chi connectivity index (χ1) is 13.5. The van der Waals surface area contributed by atoms with Crippen molar-refractivity contribution in [2.24, 2.45) is 0 Å². The maximum Gasteiger partial charge on any atom is 0.222 e. The zero-order chi connectivity index (χ0) is 19.9. The molecular weight excluding hydrogens is 383 g/mol. The number of carbonyl (C=O) groups is 1. The molecule has 0 spiro atoms. The number of amides is 1. The Morgan fingerprint density at radius 3 is 2.61 bits per heavy atom. The van der Waals surface area contributed by atoms with Crippen molar-refractivity contribution >= 4 is 17.5 Å². The lowest BCUT2D eigenvalue weighted by molar-refractivity contribution is -0.130. The van der Waals surface area contributed by atoms with Gasteiger partial charge in [0.2, 0.25) is 5.91 Å². The first-order valence-electron chi connectivity index (χ1n) is 8.84. The fourth-order valence-electron chi connectivity index (χ4n) is 2.53. The van der Waals surface area contributed by atoms with Crippen molar-refractivity contribution in [3.05, 3.63) is 71.5 Å². The van der Waals surface area contributed by atoms with Gasteiger partial charge in [0.05, 0.1) is 12.7 Å². The van der Waals surface area contributed by atoms with E-state index in [0.717, 1.165) is 5.56 Å². The number of likely N-dealkylation sites (N-methyl/N-ethyl adjacent to an activating group) is 1. The molecule has 0 bridgehead atoms. The highest BCUT2D eigenvalue weighted by molar-refractivity contribution is 6.30. The number of benzene rings is 2. The van der Waals surface area contributed by atoms with Gasteiger partial charge in [0.1, 0.15) is 18.2 Å². The summed E-state index contributed by atoms with van der Waals surface area (Å²) >= 11 is 5.88. The summed E-state index contributed by atoms with van der Waals surface area (Å²) in [5.74, 6) is 1.37. The molecule has 0 saturated heterocycles.